The highest BCUT2D eigenvalue weighted by molar-refractivity contribution is 5.96. The highest BCUT2D eigenvalue weighted by Gasteiger charge is 2.52. The molecule has 6 nitrogen and oxygen atoms in total. The van der Waals surface area contributed by atoms with Gasteiger partial charge in [-0.15, -0.1) is 0 Å². The third-order valence-corrected chi connectivity index (χ3v) is 5.25. The van der Waals surface area contributed by atoms with E-state index in [1.807, 2.05) is 0 Å². The molecule has 1 aromatic carbocycles. The topological polar surface area (TPSA) is 92.5 Å². The molecule has 1 fully saturated rings. The van der Waals surface area contributed by atoms with Crippen LogP contribution >= 0.6 is 0 Å². The van der Waals surface area contributed by atoms with Crippen LogP contribution in [0.25, 0.3) is 0 Å². The number of non-ortho nitro benzene ring substituents is 1. The van der Waals surface area contributed by atoms with Gasteiger partial charge in [0.15, 0.2) is 0 Å². The number of carbonyl (C=O) groups is 1. The number of anilines is 1. The summed E-state index contributed by atoms with van der Waals surface area (Å²) in [7, 11) is 0. The first-order chi connectivity index (χ1) is 12.6. The quantitative estimate of drug-likeness (QED) is 0.359. The molecule has 0 heterocycles. The van der Waals surface area contributed by atoms with E-state index < -0.39 is 4.92 Å². The van der Waals surface area contributed by atoms with Crippen LogP contribution in [0.15, 0.2) is 42.5 Å². The molecule has 2 N–H and O–H groups in total. The number of nitrogens with one attached hydrogen (secondary N) is 1. The number of benzene rings is 1. The van der Waals surface area contributed by atoms with Crippen molar-refractivity contribution in [3.05, 3.63) is 52.6 Å². The van der Waals surface area contributed by atoms with E-state index in [9.17, 15) is 20.0 Å². The van der Waals surface area contributed by atoms with Gasteiger partial charge < -0.3 is 10.4 Å². The first kappa shape index (κ1) is 18.2. The molecule has 0 spiro atoms. The zero-order valence-corrected chi connectivity index (χ0v) is 14.6. The van der Waals surface area contributed by atoms with Crippen LogP contribution in [0.3, 0.4) is 0 Å². The number of hydrogen-bond acceptors (Lipinski definition) is 4. The second kappa shape index (κ2) is 8.17. The number of phenolic OH excluding ortho intramolecular Hbond substituents is 1. The monoisotopic (exact) mass is 356 g/mol. The normalized spacial score (nSPS) is 27.9. The van der Waals surface area contributed by atoms with Gasteiger partial charge >= 0.3 is 0 Å². The molecule has 0 aliphatic heterocycles. The Hall–Kier alpha value is -2.63. The molecule has 1 amide bonds. The molecule has 0 saturated heterocycles. The van der Waals surface area contributed by atoms with Gasteiger partial charge in [0, 0.05) is 12.0 Å². The fourth-order valence-electron chi connectivity index (χ4n) is 3.82. The SMILES string of the molecule is O=C(Nc1ccc([N+](=O)[O-])cc1O)C1[C@H]2CC/C=C\CC/C=C/CC[C@@H]12. The lowest BCUT2D eigenvalue weighted by molar-refractivity contribution is -0.384. The van der Waals surface area contributed by atoms with Crippen LogP contribution in [-0.4, -0.2) is 15.9 Å². The predicted molar refractivity (Wildman–Crippen MR) is 99.8 cm³/mol. The number of aromatic hydroxyl groups is 1. The van der Waals surface area contributed by atoms with Crippen molar-refractivity contribution in [2.75, 3.05) is 5.32 Å². The Kier molecular flexibility index (Phi) is 5.71. The van der Waals surface area contributed by atoms with E-state index in [2.05, 4.69) is 29.6 Å². The molecule has 3 rings (SSSR count). The van der Waals surface area contributed by atoms with Crippen molar-refractivity contribution < 1.29 is 14.8 Å². The van der Waals surface area contributed by atoms with Crippen LogP contribution in [0.2, 0.25) is 0 Å². The van der Waals surface area contributed by atoms with E-state index in [1.165, 1.54) is 12.1 Å². The predicted octanol–water partition coefficient (Wildman–Crippen LogP) is 4.57. The van der Waals surface area contributed by atoms with Gasteiger partial charge in [-0.3, -0.25) is 14.9 Å². The maximum absolute atomic E-state index is 12.7. The zero-order valence-electron chi connectivity index (χ0n) is 14.6. The Labute approximate surface area is 152 Å². The number of allylic oxidation sites excluding steroid dienone is 4. The van der Waals surface area contributed by atoms with Crippen LogP contribution in [-0.2, 0) is 4.79 Å². The number of hydrogen-bond donors (Lipinski definition) is 2. The number of amides is 1. The molecule has 1 aromatic rings. The van der Waals surface area contributed by atoms with Crippen molar-refractivity contribution in [3.63, 3.8) is 0 Å². The molecule has 26 heavy (non-hydrogen) atoms. The molecule has 0 bridgehead atoms. The molecule has 1 saturated carbocycles. The lowest BCUT2D eigenvalue weighted by Crippen LogP contribution is -2.16. The molecule has 3 atom stereocenters. The smallest absolute Gasteiger partial charge is 0.273 e. The van der Waals surface area contributed by atoms with Crippen molar-refractivity contribution in [2.45, 2.75) is 38.5 Å². The summed E-state index contributed by atoms with van der Waals surface area (Å²) in [5, 5.41) is 23.4. The molecule has 1 unspecified atom stereocenters. The standard InChI is InChI=1S/C20H24N2O4/c23-18-13-14(22(25)26)11-12-17(18)21-20(24)19-15-9-7-5-3-1-2-4-6-8-10-16(15)19/h3-6,11-13,15-16,19,23H,1-2,7-10H2,(H,21,24)/b5-3-,6-4+/t15-,16+,19?/m0/s1. The molecule has 0 aromatic heterocycles. The van der Waals surface area contributed by atoms with Crippen LogP contribution in [0, 0.1) is 27.9 Å². The van der Waals surface area contributed by atoms with E-state index >= 15 is 0 Å². The second-order valence-corrected chi connectivity index (χ2v) is 6.98. The highest BCUT2D eigenvalue weighted by Crippen LogP contribution is 2.52. The van der Waals surface area contributed by atoms with Gasteiger partial charge in [-0.1, -0.05) is 24.3 Å². The number of phenols is 1. The molecular formula is C20H24N2O4. The minimum atomic E-state index is -0.577. The average Bonchev–Trinajstić information content (AvgIpc) is 3.29. The fourth-order valence-corrected chi connectivity index (χ4v) is 3.82. The molecule has 138 valence electrons. The van der Waals surface area contributed by atoms with Gasteiger partial charge in [-0.05, 0) is 56.4 Å². The van der Waals surface area contributed by atoms with Crippen LogP contribution in [0.4, 0.5) is 11.4 Å². The summed E-state index contributed by atoms with van der Waals surface area (Å²) >= 11 is 0. The summed E-state index contributed by atoms with van der Waals surface area (Å²) in [5.74, 6) is 0.303. The van der Waals surface area contributed by atoms with E-state index in [-0.39, 0.29) is 28.9 Å². The summed E-state index contributed by atoms with van der Waals surface area (Å²) < 4.78 is 0. The Morgan fingerprint density at radius 1 is 1.04 bits per heavy atom. The van der Waals surface area contributed by atoms with Crippen molar-refractivity contribution in [1.29, 1.82) is 0 Å². The number of carbonyl (C=O) groups excluding carboxylic acids is 1. The largest absolute Gasteiger partial charge is 0.506 e. The average molecular weight is 356 g/mol. The Morgan fingerprint density at radius 2 is 1.62 bits per heavy atom. The van der Waals surface area contributed by atoms with Gasteiger partial charge in [-0.25, -0.2) is 0 Å². The van der Waals surface area contributed by atoms with E-state index in [0.717, 1.165) is 44.6 Å². The number of nitro groups is 1. The summed E-state index contributed by atoms with van der Waals surface area (Å²) in [4.78, 5) is 22.8. The van der Waals surface area contributed by atoms with Crippen LogP contribution < -0.4 is 5.32 Å². The summed E-state index contributed by atoms with van der Waals surface area (Å²) in [6.45, 7) is 0. The van der Waals surface area contributed by atoms with Crippen molar-refractivity contribution >= 4 is 17.3 Å². The number of rotatable bonds is 3. The van der Waals surface area contributed by atoms with Crippen molar-refractivity contribution in [2.24, 2.45) is 17.8 Å². The first-order valence-electron chi connectivity index (χ1n) is 9.16. The van der Waals surface area contributed by atoms with Gasteiger partial charge in [-0.2, -0.15) is 0 Å². The van der Waals surface area contributed by atoms with Crippen molar-refractivity contribution in [1.82, 2.24) is 0 Å². The zero-order chi connectivity index (χ0) is 18.5. The minimum Gasteiger partial charge on any atom is -0.506 e. The fraction of sp³-hybridized carbons (Fsp3) is 0.450. The Morgan fingerprint density at radius 3 is 2.15 bits per heavy atom. The van der Waals surface area contributed by atoms with E-state index in [0.29, 0.717) is 11.8 Å². The van der Waals surface area contributed by atoms with Gasteiger partial charge in [0.1, 0.15) is 5.75 Å². The van der Waals surface area contributed by atoms with Gasteiger partial charge in [0.05, 0.1) is 16.7 Å². The minimum absolute atomic E-state index is 0.0489. The molecule has 2 aliphatic rings. The second-order valence-electron chi connectivity index (χ2n) is 6.98. The van der Waals surface area contributed by atoms with Gasteiger partial charge in [0.2, 0.25) is 5.91 Å². The number of fused-ring (bicyclic) bond motifs is 1. The maximum Gasteiger partial charge on any atom is 0.273 e. The lowest BCUT2D eigenvalue weighted by Gasteiger charge is -2.07. The maximum atomic E-state index is 12.7. The van der Waals surface area contributed by atoms with Crippen molar-refractivity contribution in [3.8, 4) is 5.75 Å². The highest BCUT2D eigenvalue weighted by atomic mass is 16.6. The molecule has 2 aliphatic carbocycles. The molecular weight excluding hydrogens is 332 g/mol. The first-order valence-corrected chi connectivity index (χ1v) is 9.16. The summed E-state index contributed by atoms with van der Waals surface area (Å²) in [5.41, 5.74) is 0.0227. The molecule has 0 radical (unpaired) electrons. The third kappa shape index (κ3) is 4.31. The number of nitrogens with zero attached hydrogens (tertiary/aromatic N) is 1. The number of nitro benzene ring substituents is 1. The van der Waals surface area contributed by atoms with Gasteiger partial charge in [0.25, 0.3) is 5.69 Å². The summed E-state index contributed by atoms with van der Waals surface area (Å²) in [6.07, 6.45) is 14.9. The van der Waals surface area contributed by atoms with Crippen LogP contribution in [0.5, 0.6) is 5.75 Å². The lowest BCUT2D eigenvalue weighted by atomic mass is 10.1. The Balaban J connectivity index is 1.65. The van der Waals surface area contributed by atoms with E-state index in [1.54, 1.807) is 0 Å². The van der Waals surface area contributed by atoms with Crippen LogP contribution in [0.1, 0.15) is 38.5 Å². The third-order valence-electron chi connectivity index (χ3n) is 5.25. The summed E-state index contributed by atoms with van der Waals surface area (Å²) in [6, 6.07) is 3.72. The van der Waals surface area contributed by atoms with E-state index in [4.69, 9.17) is 0 Å². The Bertz CT molecular complexity index is 717. The molecule has 6 heteroatoms.